The third-order valence-electron chi connectivity index (χ3n) is 5.19. The molecule has 3 aromatic rings. The molecule has 1 heterocycles. The molecule has 152 valence electrons. The molecule has 2 atom stereocenters. The van der Waals surface area contributed by atoms with Crippen LogP contribution in [0, 0.1) is 5.92 Å². The number of aromatic amines is 1. The van der Waals surface area contributed by atoms with Crippen molar-refractivity contribution >= 4 is 22.6 Å². The number of nitrogens with one attached hydrogen (secondary N) is 2. The molecule has 1 aromatic heterocycles. The maximum Gasteiger partial charge on any atom is 0.328 e. The third kappa shape index (κ3) is 3.86. The number of aliphatic hydroxyl groups is 1. The molecule has 0 radical (unpaired) electrons. The average Bonchev–Trinajstić information content (AvgIpc) is 3.26. The highest BCUT2D eigenvalue weighted by molar-refractivity contribution is 6.00. The van der Waals surface area contributed by atoms with E-state index < -0.39 is 17.6 Å². The molecule has 7 nitrogen and oxygen atoms in total. The number of esters is 1. The minimum absolute atomic E-state index is 0.0924. The van der Waals surface area contributed by atoms with Crippen LogP contribution < -0.4 is 5.32 Å². The van der Waals surface area contributed by atoms with Gasteiger partial charge in [0.15, 0.2) is 0 Å². The van der Waals surface area contributed by atoms with E-state index in [4.69, 9.17) is 0 Å². The van der Waals surface area contributed by atoms with Gasteiger partial charge in [0.25, 0.3) is 5.91 Å². The third-order valence-corrected chi connectivity index (χ3v) is 5.19. The molecule has 7 heteroatoms. The number of hydrogen-bond acceptors (Lipinski definition) is 5. The van der Waals surface area contributed by atoms with E-state index in [1.165, 1.54) is 7.11 Å². The van der Waals surface area contributed by atoms with Crippen LogP contribution in [0.3, 0.4) is 0 Å². The smallest absolute Gasteiger partial charge is 0.328 e. The number of amides is 1. The second-order valence-electron chi connectivity index (χ2n) is 7.38. The molecule has 0 bridgehead atoms. The number of H-pyrrole nitrogens is 1. The number of ether oxygens (including phenoxy) is 1. The predicted molar refractivity (Wildman–Crippen MR) is 109 cm³/mol. The first-order valence-electron chi connectivity index (χ1n) is 9.41. The number of nitrogens with zero attached hydrogens (tertiary/aromatic N) is 1. The largest absolute Gasteiger partial charge is 0.467 e. The normalized spacial score (nSPS) is 14.4. The fourth-order valence-electron chi connectivity index (χ4n) is 3.40. The highest BCUT2D eigenvalue weighted by atomic mass is 16.5. The van der Waals surface area contributed by atoms with Crippen LogP contribution in [-0.2, 0) is 15.1 Å². The minimum Gasteiger partial charge on any atom is -0.467 e. The van der Waals surface area contributed by atoms with E-state index in [0.717, 1.165) is 16.3 Å². The summed E-state index contributed by atoms with van der Waals surface area (Å²) < 4.78 is 4.63. The molecular formula is C22H25N3O4. The van der Waals surface area contributed by atoms with Crippen LogP contribution in [0.15, 0.2) is 48.9 Å². The maximum atomic E-state index is 12.4. The van der Waals surface area contributed by atoms with Gasteiger partial charge in [0, 0.05) is 5.56 Å². The van der Waals surface area contributed by atoms with Gasteiger partial charge in [-0.3, -0.25) is 4.79 Å². The molecule has 0 aliphatic rings. The number of fused-ring (bicyclic) bond motifs is 1. The van der Waals surface area contributed by atoms with Crippen LogP contribution in [0.25, 0.3) is 10.8 Å². The van der Waals surface area contributed by atoms with Gasteiger partial charge in [-0.15, -0.1) is 0 Å². The van der Waals surface area contributed by atoms with Crippen LogP contribution in [-0.4, -0.2) is 40.1 Å². The molecule has 0 aliphatic heterocycles. The summed E-state index contributed by atoms with van der Waals surface area (Å²) in [6.07, 6.45) is 3.17. The Bertz CT molecular complexity index is 1030. The lowest BCUT2D eigenvalue weighted by molar-refractivity contribution is -0.142. The standard InChI is InChI=1S/C22H25N3O4/c1-13(2)22(28,19-11-23-12-24-19)18-8-7-15-9-17(6-5-16(15)10-18)20(26)25-14(3)21(27)29-4/h5-14,28H,1-4H3,(H,23,24)(H,25,26)/t14-,22?/m1/s1. The summed E-state index contributed by atoms with van der Waals surface area (Å²) in [7, 11) is 1.28. The Morgan fingerprint density at radius 1 is 1.14 bits per heavy atom. The first kappa shape index (κ1) is 20.5. The van der Waals surface area contributed by atoms with Crippen molar-refractivity contribution in [3.05, 3.63) is 65.7 Å². The van der Waals surface area contributed by atoms with Crippen molar-refractivity contribution in [2.75, 3.05) is 7.11 Å². The number of rotatable bonds is 6. The zero-order chi connectivity index (χ0) is 21.2. The lowest BCUT2D eigenvalue weighted by atomic mass is 9.80. The fraction of sp³-hybridized carbons (Fsp3) is 0.318. The molecule has 0 aliphatic carbocycles. The van der Waals surface area contributed by atoms with Crippen LogP contribution in [0.1, 0.15) is 42.4 Å². The number of carbonyl (C=O) groups is 2. The summed E-state index contributed by atoms with van der Waals surface area (Å²) in [4.78, 5) is 31.0. The Balaban J connectivity index is 1.93. The van der Waals surface area contributed by atoms with Gasteiger partial charge in [-0.2, -0.15) is 0 Å². The van der Waals surface area contributed by atoms with Gasteiger partial charge in [-0.1, -0.05) is 32.0 Å². The second kappa shape index (κ2) is 8.05. The average molecular weight is 395 g/mol. The first-order chi connectivity index (χ1) is 13.8. The van der Waals surface area contributed by atoms with E-state index in [-0.39, 0.29) is 11.8 Å². The molecule has 29 heavy (non-hydrogen) atoms. The number of methoxy groups -OCH3 is 1. The minimum atomic E-state index is -1.21. The fourth-order valence-corrected chi connectivity index (χ4v) is 3.40. The molecule has 0 fully saturated rings. The van der Waals surface area contributed by atoms with Crippen molar-refractivity contribution in [3.63, 3.8) is 0 Å². The SMILES string of the molecule is COC(=O)[C@@H](C)NC(=O)c1ccc2cc(C(O)(c3cnc[nH]3)C(C)C)ccc2c1. The number of benzene rings is 2. The van der Waals surface area contributed by atoms with Gasteiger partial charge in [0.2, 0.25) is 0 Å². The molecule has 0 saturated carbocycles. The summed E-state index contributed by atoms with van der Waals surface area (Å²) in [5.41, 5.74) is 0.588. The van der Waals surface area contributed by atoms with Crippen molar-refractivity contribution in [3.8, 4) is 0 Å². The number of aromatic nitrogens is 2. The van der Waals surface area contributed by atoms with Gasteiger partial charge in [0.05, 0.1) is 25.3 Å². The van der Waals surface area contributed by atoms with Crippen molar-refractivity contribution in [1.29, 1.82) is 0 Å². The van der Waals surface area contributed by atoms with Gasteiger partial charge in [-0.25, -0.2) is 9.78 Å². The Kier molecular flexibility index (Phi) is 5.70. The molecule has 3 rings (SSSR count). The first-order valence-corrected chi connectivity index (χ1v) is 9.41. The van der Waals surface area contributed by atoms with E-state index in [1.54, 1.807) is 31.6 Å². The molecule has 1 amide bonds. The number of imidazole rings is 1. The molecular weight excluding hydrogens is 370 g/mol. The highest BCUT2D eigenvalue weighted by Gasteiger charge is 2.36. The van der Waals surface area contributed by atoms with Crippen molar-refractivity contribution in [2.45, 2.75) is 32.4 Å². The Labute approximate surface area is 169 Å². The van der Waals surface area contributed by atoms with E-state index in [1.807, 2.05) is 38.1 Å². The summed E-state index contributed by atoms with van der Waals surface area (Å²) in [6, 6.07) is 10.2. The van der Waals surface area contributed by atoms with Crippen molar-refractivity contribution < 1.29 is 19.4 Å². The Hall–Kier alpha value is -3.19. The second-order valence-corrected chi connectivity index (χ2v) is 7.38. The van der Waals surface area contributed by atoms with Gasteiger partial charge in [-0.05, 0) is 47.4 Å². The Morgan fingerprint density at radius 2 is 1.83 bits per heavy atom. The highest BCUT2D eigenvalue weighted by Crippen LogP contribution is 2.36. The summed E-state index contributed by atoms with van der Waals surface area (Å²) in [6.45, 7) is 5.46. The molecule has 0 saturated heterocycles. The topological polar surface area (TPSA) is 104 Å². The van der Waals surface area contributed by atoms with E-state index in [2.05, 4.69) is 20.0 Å². The van der Waals surface area contributed by atoms with Gasteiger partial charge >= 0.3 is 5.97 Å². The lowest BCUT2D eigenvalue weighted by Crippen LogP contribution is -2.39. The molecule has 0 spiro atoms. The van der Waals surface area contributed by atoms with Crippen LogP contribution in [0.2, 0.25) is 0 Å². The molecule has 1 unspecified atom stereocenters. The van der Waals surface area contributed by atoms with Gasteiger partial charge < -0.3 is 20.1 Å². The summed E-state index contributed by atoms with van der Waals surface area (Å²) in [5, 5.41) is 15.8. The summed E-state index contributed by atoms with van der Waals surface area (Å²) in [5.74, 6) is -0.953. The van der Waals surface area contributed by atoms with E-state index in [0.29, 0.717) is 11.3 Å². The van der Waals surface area contributed by atoms with Gasteiger partial charge in [0.1, 0.15) is 11.6 Å². The molecule has 3 N–H and O–H groups in total. The quantitative estimate of drug-likeness (QED) is 0.557. The summed E-state index contributed by atoms with van der Waals surface area (Å²) >= 11 is 0. The monoisotopic (exact) mass is 395 g/mol. The lowest BCUT2D eigenvalue weighted by Gasteiger charge is -2.32. The maximum absolute atomic E-state index is 12.4. The van der Waals surface area contributed by atoms with E-state index in [9.17, 15) is 14.7 Å². The number of hydrogen-bond donors (Lipinski definition) is 3. The van der Waals surface area contributed by atoms with Crippen LogP contribution in [0.4, 0.5) is 0 Å². The Morgan fingerprint density at radius 3 is 2.45 bits per heavy atom. The van der Waals surface area contributed by atoms with Crippen molar-refractivity contribution in [1.82, 2.24) is 15.3 Å². The number of carbonyl (C=O) groups excluding carboxylic acids is 2. The van der Waals surface area contributed by atoms with Crippen molar-refractivity contribution in [2.24, 2.45) is 5.92 Å². The van der Waals surface area contributed by atoms with E-state index >= 15 is 0 Å². The molecule has 2 aromatic carbocycles. The predicted octanol–water partition coefficient (Wildman–Crippen LogP) is 2.75. The zero-order valence-corrected chi connectivity index (χ0v) is 16.9. The zero-order valence-electron chi connectivity index (χ0n) is 16.9. The van der Waals surface area contributed by atoms with Crippen LogP contribution >= 0.6 is 0 Å². The van der Waals surface area contributed by atoms with Crippen LogP contribution in [0.5, 0.6) is 0 Å².